The third-order valence-corrected chi connectivity index (χ3v) is 5.12. The molecule has 1 heterocycles. The fourth-order valence-electron chi connectivity index (χ4n) is 3.30. The van der Waals surface area contributed by atoms with Crippen molar-refractivity contribution in [1.29, 1.82) is 0 Å². The van der Waals surface area contributed by atoms with Gasteiger partial charge in [0, 0.05) is 0 Å². The van der Waals surface area contributed by atoms with Gasteiger partial charge in [0.25, 0.3) is 11.8 Å². The molecule has 0 aliphatic carbocycles. The van der Waals surface area contributed by atoms with Crippen molar-refractivity contribution in [2.24, 2.45) is 5.10 Å². The molecular weight excluding hydrogens is 434 g/mol. The molecule has 0 spiro atoms. The summed E-state index contributed by atoms with van der Waals surface area (Å²) < 4.78 is 16.7. The summed E-state index contributed by atoms with van der Waals surface area (Å²) >= 11 is 0. The molecule has 0 fully saturated rings. The molecule has 0 radical (unpaired) electrons. The number of hydrogen-bond acceptors (Lipinski definition) is 6. The molecule has 8 nitrogen and oxygen atoms in total. The van der Waals surface area contributed by atoms with E-state index in [-0.39, 0.29) is 25.2 Å². The molecule has 4 rings (SSSR count). The van der Waals surface area contributed by atoms with E-state index in [9.17, 15) is 9.59 Å². The lowest BCUT2D eigenvalue weighted by atomic mass is 10.1. The maximum atomic E-state index is 12.3. The zero-order chi connectivity index (χ0) is 23.8. The van der Waals surface area contributed by atoms with Gasteiger partial charge in [-0.15, -0.1) is 0 Å². The van der Waals surface area contributed by atoms with Crippen LogP contribution in [-0.2, 0) is 9.59 Å². The van der Waals surface area contributed by atoms with Gasteiger partial charge in [-0.25, -0.2) is 5.43 Å². The highest BCUT2D eigenvalue weighted by molar-refractivity contribution is 5.85. The Morgan fingerprint density at radius 3 is 2.50 bits per heavy atom. The number of hydrogen-bond donors (Lipinski definition) is 2. The molecular formula is C26H25N3O5. The number of nitrogens with one attached hydrogen (secondary N) is 2. The Kier molecular flexibility index (Phi) is 7.39. The van der Waals surface area contributed by atoms with E-state index < -0.39 is 12.0 Å². The predicted molar refractivity (Wildman–Crippen MR) is 127 cm³/mol. The van der Waals surface area contributed by atoms with Crippen LogP contribution in [0.15, 0.2) is 84.0 Å². The number of para-hydroxylation sites is 2. The number of carbonyl (C=O) groups excluding carboxylic acids is 2. The van der Waals surface area contributed by atoms with Crippen molar-refractivity contribution in [2.45, 2.75) is 19.1 Å². The number of hydrazone groups is 1. The van der Waals surface area contributed by atoms with Crippen LogP contribution in [-0.4, -0.2) is 37.3 Å². The molecule has 0 aromatic heterocycles. The summed E-state index contributed by atoms with van der Waals surface area (Å²) in [5.41, 5.74) is 4.24. The highest BCUT2D eigenvalue weighted by Crippen LogP contribution is 2.30. The summed E-state index contributed by atoms with van der Waals surface area (Å²) in [4.78, 5) is 24.4. The van der Waals surface area contributed by atoms with Gasteiger partial charge in [-0.3, -0.25) is 9.59 Å². The summed E-state index contributed by atoms with van der Waals surface area (Å²) in [7, 11) is 0. The molecule has 1 aliphatic rings. The van der Waals surface area contributed by atoms with E-state index in [0.717, 1.165) is 11.1 Å². The molecule has 3 aromatic carbocycles. The first-order valence-corrected chi connectivity index (χ1v) is 10.9. The molecule has 34 heavy (non-hydrogen) atoms. The summed E-state index contributed by atoms with van der Waals surface area (Å²) in [6, 6.07) is 23.8. The Morgan fingerprint density at radius 1 is 1.03 bits per heavy atom. The minimum Gasteiger partial charge on any atom is -0.485 e. The predicted octanol–water partition coefficient (Wildman–Crippen LogP) is 3.23. The average Bonchev–Trinajstić information content (AvgIpc) is 2.88. The zero-order valence-electron chi connectivity index (χ0n) is 18.6. The van der Waals surface area contributed by atoms with Crippen LogP contribution in [0.4, 0.5) is 0 Å². The molecule has 2 amide bonds. The lowest BCUT2D eigenvalue weighted by Gasteiger charge is -2.24. The lowest BCUT2D eigenvalue weighted by Crippen LogP contribution is -2.42. The first-order chi connectivity index (χ1) is 16.6. The van der Waals surface area contributed by atoms with Crippen LogP contribution < -0.4 is 25.0 Å². The Hall–Kier alpha value is -4.33. The number of benzene rings is 3. The molecule has 0 unspecified atom stereocenters. The Morgan fingerprint density at radius 2 is 1.74 bits per heavy atom. The first-order valence-electron chi connectivity index (χ1n) is 10.9. The number of ether oxygens (including phenoxy) is 3. The van der Waals surface area contributed by atoms with E-state index in [2.05, 4.69) is 15.8 Å². The van der Waals surface area contributed by atoms with Crippen molar-refractivity contribution in [3.05, 3.63) is 90.0 Å². The van der Waals surface area contributed by atoms with E-state index in [4.69, 9.17) is 14.2 Å². The van der Waals surface area contributed by atoms with Crippen molar-refractivity contribution in [1.82, 2.24) is 10.7 Å². The minimum atomic E-state index is -0.779. The van der Waals surface area contributed by atoms with Crippen LogP contribution in [0.3, 0.4) is 0 Å². The van der Waals surface area contributed by atoms with Gasteiger partial charge >= 0.3 is 0 Å². The van der Waals surface area contributed by atoms with E-state index >= 15 is 0 Å². The third-order valence-electron chi connectivity index (χ3n) is 5.12. The molecule has 0 bridgehead atoms. The zero-order valence-corrected chi connectivity index (χ0v) is 18.6. The van der Waals surface area contributed by atoms with Crippen LogP contribution in [0.5, 0.6) is 17.2 Å². The van der Waals surface area contributed by atoms with Gasteiger partial charge in [-0.1, -0.05) is 42.5 Å². The van der Waals surface area contributed by atoms with Crippen LogP contribution in [0.1, 0.15) is 24.1 Å². The van der Waals surface area contributed by atoms with Crippen LogP contribution in [0, 0.1) is 0 Å². The number of nitrogens with zero attached hydrogens (tertiary/aromatic N) is 1. The van der Waals surface area contributed by atoms with Crippen molar-refractivity contribution in [3.8, 4) is 17.2 Å². The lowest BCUT2D eigenvalue weighted by molar-refractivity contribution is -0.130. The molecule has 174 valence electrons. The van der Waals surface area contributed by atoms with Crippen molar-refractivity contribution >= 4 is 18.0 Å². The van der Waals surface area contributed by atoms with Crippen LogP contribution in [0.2, 0.25) is 0 Å². The molecule has 0 saturated heterocycles. The van der Waals surface area contributed by atoms with Crippen molar-refractivity contribution in [2.75, 3.05) is 13.2 Å². The molecule has 0 saturated carbocycles. The van der Waals surface area contributed by atoms with E-state index in [0.29, 0.717) is 17.2 Å². The molecule has 3 aromatic rings. The molecule has 2 atom stereocenters. The van der Waals surface area contributed by atoms with E-state index in [1.54, 1.807) is 36.4 Å². The number of amides is 2. The van der Waals surface area contributed by atoms with Gasteiger partial charge < -0.3 is 19.5 Å². The van der Waals surface area contributed by atoms with Crippen LogP contribution >= 0.6 is 0 Å². The average molecular weight is 460 g/mol. The Labute approximate surface area is 197 Å². The molecule has 1 aliphatic heterocycles. The second-order valence-electron chi connectivity index (χ2n) is 7.66. The quantitative estimate of drug-likeness (QED) is 0.398. The summed E-state index contributed by atoms with van der Waals surface area (Å²) in [5.74, 6) is 1.08. The second kappa shape index (κ2) is 11.0. The third kappa shape index (κ3) is 6.13. The summed E-state index contributed by atoms with van der Waals surface area (Å²) in [6.07, 6.45) is 0.728. The second-order valence-corrected chi connectivity index (χ2v) is 7.66. The highest BCUT2D eigenvalue weighted by atomic mass is 16.6. The fourth-order valence-corrected chi connectivity index (χ4v) is 3.30. The van der Waals surface area contributed by atoms with Gasteiger partial charge in [0.15, 0.2) is 18.1 Å². The number of carbonyl (C=O) groups is 2. The molecule has 8 heteroatoms. The van der Waals surface area contributed by atoms with E-state index in [1.165, 1.54) is 6.21 Å². The monoisotopic (exact) mass is 459 g/mol. The van der Waals surface area contributed by atoms with Crippen molar-refractivity contribution < 1.29 is 23.8 Å². The van der Waals surface area contributed by atoms with E-state index in [1.807, 2.05) is 49.4 Å². The minimum absolute atomic E-state index is 0.0900. The van der Waals surface area contributed by atoms with Gasteiger partial charge in [-0.2, -0.15) is 5.10 Å². The smallest absolute Gasteiger partial charge is 0.284 e. The van der Waals surface area contributed by atoms with Gasteiger partial charge in [0.2, 0.25) is 6.10 Å². The Balaban J connectivity index is 1.20. The fraction of sp³-hybridized carbons (Fsp3) is 0.192. The normalized spacial score (nSPS) is 15.4. The number of fused-ring (bicyclic) bond motifs is 1. The van der Waals surface area contributed by atoms with Crippen molar-refractivity contribution in [3.63, 3.8) is 0 Å². The maximum absolute atomic E-state index is 12.3. The van der Waals surface area contributed by atoms with Crippen LogP contribution in [0.25, 0.3) is 0 Å². The topological polar surface area (TPSA) is 98.2 Å². The van der Waals surface area contributed by atoms with Gasteiger partial charge in [0.1, 0.15) is 12.4 Å². The Bertz CT molecular complexity index is 1150. The largest absolute Gasteiger partial charge is 0.485 e. The maximum Gasteiger partial charge on any atom is 0.284 e. The summed E-state index contributed by atoms with van der Waals surface area (Å²) in [6.45, 7) is 1.95. The standard InChI is InChI=1S/C26H25N3O5/c1-18(20-7-3-2-4-8-20)28-25(30)17-32-21-13-11-19(12-14-21)15-27-29-26(31)24-16-33-22-9-5-6-10-23(22)34-24/h2-15,18,24H,16-17H2,1H3,(H,28,30)(H,29,31)/b27-15-/t18-,24-/m1/s1. The first kappa shape index (κ1) is 22.8. The van der Waals surface area contributed by atoms with Gasteiger partial charge in [-0.05, 0) is 54.4 Å². The highest BCUT2D eigenvalue weighted by Gasteiger charge is 2.26. The number of rotatable bonds is 8. The molecule has 2 N–H and O–H groups in total. The SMILES string of the molecule is C[C@@H](NC(=O)COc1ccc(/C=N\NC(=O)[C@H]2COc3ccccc3O2)cc1)c1ccccc1. The van der Waals surface area contributed by atoms with Gasteiger partial charge in [0.05, 0.1) is 12.3 Å². The summed E-state index contributed by atoms with van der Waals surface area (Å²) in [5, 5.41) is 6.88.